The summed E-state index contributed by atoms with van der Waals surface area (Å²) in [5.74, 6) is 1.60. The van der Waals surface area contributed by atoms with Crippen LogP contribution in [0.4, 0.5) is 5.69 Å². The standard InChI is InChI=1S/C15H16Cl2N2O2/c1-10-3-5-12(21-10)8-19(2)9-15(20)18-14-7-11(16)4-6-13(14)17/h3-7H,8-9H2,1-2H3,(H,18,20)/p+1. The Balaban J connectivity index is 1.90. The van der Waals surface area contributed by atoms with Crippen molar-refractivity contribution in [2.75, 3.05) is 18.9 Å². The molecule has 0 saturated carbocycles. The summed E-state index contributed by atoms with van der Waals surface area (Å²) in [4.78, 5) is 13.0. The minimum absolute atomic E-state index is 0.125. The van der Waals surface area contributed by atoms with E-state index in [2.05, 4.69) is 5.32 Å². The van der Waals surface area contributed by atoms with Crippen molar-refractivity contribution < 1.29 is 14.1 Å². The monoisotopic (exact) mass is 327 g/mol. The molecule has 1 unspecified atom stereocenters. The lowest BCUT2D eigenvalue weighted by Gasteiger charge is -2.13. The zero-order chi connectivity index (χ0) is 15.4. The molecule has 0 saturated heterocycles. The highest BCUT2D eigenvalue weighted by molar-refractivity contribution is 6.35. The molecule has 2 N–H and O–H groups in total. The molecule has 1 amide bonds. The van der Waals surface area contributed by atoms with E-state index < -0.39 is 0 Å². The van der Waals surface area contributed by atoms with Gasteiger partial charge in [-0.05, 0) is 37.3 Å². The van der Waals surface area contributed by atoms with Gasteiger partial charge in [0.05, 0.1) is 17.8 Å². The molecule has 0 bridgehead atoms. The molecule has 0 aliphatic carbocycles. The highest BCUT2D eigenvalue weighted by Gasteiger charge is 2.14. The average molecular weight is 328 g/mol. The first-order valence-corrected chi connectivity index (χ1v) is 7.31. The van der Waals surface area contributed by atoms with E-state index in [1.54, 1.807) is 18.2 Å². The van der Waals surface area contributed by atoms with Gasteiger partial charge in [-0.1, -0.05) is 23.2 Å². The van der Waals surface area contributed by atoms with Gasteiger partial charge in [-0.2, -0.15) is 0 Å². The van der Waals surface area contributed by atoms with Crippen LogP contribution in [0.15, 0.2) is 34.7 Å². The van der Waals surface area contributed by atoms with Gasteiger partial charge < -0.3 is 14.6 Å². The Morgan fingerprint density at radius 1 is 1.29 bits per heavy atom. The van der Waals surface area contributed by atoms with Gasteiger partial charge in [0.2, 0.25) is 0 Å². The summed E-state index contributed by atoms with van der Waals surface area (Å²) >= 11 is 11.9. The minimum atomic E-state index is -0.125. The third kappa shape index (κ3) is 4.77. The predicted molar refractivity (Wildman–Crippen MR) is 84.0 cm³/mol. The molecule has 1 aromatic heterocycles. The summed E-state index contributed by atoms with van der Waals surface area (Å²) in [5.41, 5.74) is 0.524. The molecule has 0 aliphatic heterocycles. The number of amides is 1. The van der Waals surface area contributed by atoms with Crippen molar-refractivity contribution in [3.8, 4) is 0 Å². The van der Waals surface area contributed by atoms with Gasteiger partial charge in [-0.15, -0.1) is 0 Å². The molecule has 0 spiro atoms. The van der Waals surface area contributed by atoms with Crippen LogP contribution in [0.3, 0.4) is 0 Å². The minimum Gasteiger partial charge on any atom is -0.460 e. The molecule has 0 fully saturated rings. The first-order chi connectivity index (χ1) is 9.94. The Kier molecular flexibility index (Phi) is 5.28. The van der Waals surface area contributed by atoms with E-state index in [-0.39, 0.29) is 5.91 Å². The molecular formula is C15H17Cl2N2O2+. The van der Waals surface area contributed by atoms with Crippen LogP contribution >= 0.6 is 23.2 Å². The Hall–Kier alpha value is -1.49. The van der Waals surface area contributed by atoms with Crippen LogP contribution in [-0.2, 0) is 11.3 Å². The third-order valence-corrected chi connectivity index (χ3v) is 3.50. The molecule has 112 valence electrons. The lowest BCUT2D eigenvalue weighted by atomic mass is 10.3. The van der Waals surface area contributed by atoms with Crippen LogP contribution in [-0.4, -0.2) is 19.5 Å². The molecule has 0 radical (unpaired) electrons. The number of nitrogens with one attached hydrogen (secondary N) is 2. The zero-order valence-corrected chi connectivity index (χ0v) is 13.4. The van der Waals surface area contributed by atoms with Crippen LogP contribution < -0.4 is 10.2 Å². The maximum absolute atomic E-state index is 12.0. The Morgan fingerprint density at radius 3 is 2.71 bits per heavy atom. The maximum atomic E-state index is 12.0. The Labute approximate surface area is 133 Å². The summed E-state index contributed by atoms with van der Waals surface area (Å²) in [6.07, 6.45) is 0. The summed E-state index contributed by atoms with van der Waals surface area (Å²) in [5, 5.41) is 3.76. The van der Waals surface area contributed by atoms with Crippen LogP contribution in [0.25, 0.3) is 0 Å². The number of likely N-dealkylation sites (N-methyl/N-ethyl adjacent to an activating group) is 1. The van der Waals surface area contributed by atoms with Crippen LogP contribution in [0.2, 0.25) is 10.0 Å². The number of carbonyl (C=O) groups is 1. The molecule has 1 aromatic carbocycles. The Bertz CT molecular complexity index is 640. The fourth-order valence-electron chi connectivity index (χ4n) is 2.00. The summed E-state index contributed by atoms with van der Waals surface area (Å²) in [7, 11) is 1.93. The van der Waals surface area contributed by atoms with E-state index in [4.69, 9.17) is 27.6 Å². The number of halogens is 2. The van der Waals surface area contributed by atoms with Gasteiger partial charge >= 0.3 is 0 Å². The second-order valence-corrected chi connectivity index (χ2v) is 5.84. The fourth-order valence-corrected chi connectivity index (χ4v) is 2.34. The normalized spacial score (nSPS) is 12.2. The number of carbonyl (C=O) groups excluding carboxylic acids is 1. The molecule has 4 nitrogen and oxygen atoms in total. The third-order valence-electron chi connectivity index (χ3n) is 2.94. The molecule has 1 heterocycles. The number of benzene rings is 1. The average Bonchev–Trinajstić information content (AvgIpc) is 2.79. The topological polar surface area (TPSA) is 46.7 Å². The first kappa shape index (κ1) is 15.9. The molecular weight excluding hydrogens is 311 g/mol. The molecule has 2 rings (SSSR count). The number of anilines is 1. The largest absolute Gasteiger partial charge is 0.460 e. The fraction of sp³-hybridized carbons (Fsp3) is 0.267. The van der Waals surface area contributed by atoms with Crippen molar-refractivity contribution in [3.63, 3.8) is 0 Å². The SMILES string of the molecule is Cc1ccc(C[NH+](C)CC(=O)Nc2cc(Cl)ccc2Cl)o1. The van der Waals surface area contributed by atoms with Gasteiger partial charge in [0.15, 0.2) is 12.3 Å². The van der Waals surface area contributed by atoms with Crippen LogP contribution in [0.1, 0.15) is 11.5 Å². The number of quaternary nitrogens is 1. The Morgan fingerprint density at radius 2 is 2.05 bits per heavy atom. The lowest BCUT2D eigenvalue weighted by molar-refractivity contribution is -0.886. The number of aryl methyl sites for hydroxylation is 1. The summed E-state index contributed by atoms with van der Waals surface area (Å²) in [6, 6.07) is 8.80. The van der Waals surface area contributed by atoms with Crippen molar-refractivity contribution in [1.82, 2.24) is 0 Å². The van der Waals surface area contributed by atoms with Gasteiger partial charge in [-0.25, -0.2) is 0 Å². The predicted octanol–water partition coefficient (Wildman–Crippen LogP) is 2.55. The van der Waals surface area contributed by atoms with Crippen molar-refractivity contribution in [2.24, 2.45) is 0 Å². The molecule has 21 heavy (non-hydrogen) atoms. The molecule has 0 aliphatic rings. The van der Waals surface area contributed by atoms with Gasteiger partial charge in [0.1, 0.15) is 12.3 Å². The van der Waals surface area contributed by atoms with Gasteiger partial charge in [0, 0.05) is 5.02 Å². The van der Waals surface area contributed by atoms with Crippen molar-refractivity contribution >= 4 is 34.8 Å². The van der Waals surface area contributed by atoms with Gasteiger partial charge in [0.25, 0.3) is 5.91 Å². The smallest absolute Gasteiger partial charge is 0.279 e. The number of furan rings is 1. The molecule has 1 atom stereocenters. The van der Waals surface area contributed by atoms with E-state index in [1.807, 2.05) is 26.1 Å². The van der Waals surface area contributed by atoms with E-state index >= 15 is 0 Å². The second kappa shape index (κ2) is 6.98. The van der Waals surface area contributed by atoms with Crippen molar-refractivity contribution in [3.05, 3.63) is 51.9 Å². The number of rotatable bonds is 5. The zero-order valence-electron chi connectivity index (χ0n) is 11.9. The number of hydrogen-bond donors (Lipinski definition) is 2. The van der Waals surface area contributed by atoms with E-state index in [9.17, 15) is 4.79 Å². The highest BCUT2D eigenvalue weighted by Crippen LogP contribution is 2.25. The van der Waals surface area contributed by atoms with Crippen LogP contribution in [0.5, 0.6) is 0 Å². The number of hydrogen-bond acceptors (Lipinski definition) is 2. The van der Waals surface area contributed by atoms with Crippen LogP contribution in [0, 0.1) is 6.92 Å². The van der Waals surface area contributed by atoms with Crippen molar-refractivity contribution in [1.29, 1.82) is 0 Å². The second-order valence-electron chi connectivity index (χ2n) is 5.00. The lowest BCUT2D eigenvalue weighted by Crippen LogP contribution is -3.08. The summed E-state index contributed by atoms with van der Waals surface area (Å²) in [6.45, 7) is 2.85. The van der Waals surface area contributed by atoms with E-state index in [0.29, 0.717) is 28.8 Å². The molecule has 6 heteroatoms. The quantitative estimate of drug-likeness (QED) is 0.886. The molecule has 2 aromatic rings. The van der Waals surface area contributed by atoms with E-state index in [1.165, 1.54) is 0 Å². The summed E-state index contributed by atoms with van der Waals surface area (Å²) < 4.78 is 5.50. The van der Waals surface area contributed by atoms with Crippen molar-refractivity contribution in [2.45, 2.75) is 13.5 Å². The first-order valence-electron chi connectivity index (χ1n) is 6.55. The van der Waals surface area contributed by atoms with Gasteiger partial charge in [-0.3, -0.25) is 4.79 Å². The van der Waals surface area contributed by atoms with E-state index in [0.717, 1.165) is 16.4 Å². The highest BCUT2D eigenvalue weighted by atomic mass is 35.5. The maximum Gasteiger partial charge on any atom is 0.279 e.